The Hall–Kier alpha value is -0.910. The lowest BCUT2D eigenvalue weighted by atomic mass is 10.2. The number of nitrogens with two attached hydrogens (primary N) is 1. The van der Waals surface area contributed by atoms with Gasteiger partial charge in [0, 0.05) is 17.5 Å². The monoisotopic (exact) mass is 316 g/mol. The summed E-state index contributed by atoms with van der Waals surface area (Å²) in [7, 11) is 1.64. The van der Waals surface area contributed by atoms with Gasteiger partial charge >= 0.3 is 0 Å². The number of rotatable bonds is 7. The smallest absolute Gasteiger partial charge is 0.230 e. The Kier molecular flexibility index (Phi) is 7.19. The second-order valence-corrected chi connectivity index (χ2v) is 5.76. The van der Waals surface area contributed by atoms with Crippen molar-refractivity contribution in [2.45, 2.75) is 23.8 Å². The molecule has 1 atom stereocenters. The summed E-state index contributed by atoms with van der Waals surface area (Å²) in [6, 6.07) is 7.86. The fourth-order valence-electron chi connectivity index (χ4n) is 1.94. The Morgan fingerprint density at radius 1 is 1.45 bits per heavy atom. The third kappa shape index (κ3) is 5.23. The number of nitrogens with one attached hydrogen (secondary N) is 1. The van der Waals surface area contributed by atoms with Gasteiger partial charge in [0.25, 0.3) is 0 Å². The first-order chi connectivity index (χ1) is 9.22. The van der Waals surface area contributed by atoms with Crippen LogP contribution in [-0.4, -0.2) is 31.4 Å². The van der Waals surface area contributed by atoms with Crippen molar-refractivity contribution in [1.82, 2.24) is 5.32 Å². The molecule has 20 heavy (non-hydrogen) atoms. The van der Waals surface area contributed by atoms with Crippen molar-refractivity contribution in [3.8, 4) is 5.75 Å². The predicted molar refractivity (Wildman–Crippen MR) is 84.7 cm³/mol. The minimum Gasteiger partial charge on any atom is -0.497 e. The van der Waals surface area contributed by atoms with Crippen molar-refractivity contribution in [3.05, 3.63) is 24.3 Å². The molecule has 1 aliphatic rings. The number of carbonyl (C=O) groups excluding carboxylic acids is 1. The molecule has 1 saturated carbocycles. The number of methoxy groups -OCH3 is 1. The van der Waals surface area contributed by atoms with Gasteiger partial charge in [-0.05, 0) is 43.0 Å². The third-order valence-electron chi connectivity index (χ3n) is 3.22. The molecular formula is C14H21ClN2O2S. The van der Waals surface area contributed by atoms with E-state index in [0.29, 0.717) is 18.2 Å². The fraction of sp³-hybridized carbons (Fsp3) is 0.500. The molecule has 1 amide bonds. The Bertz CT molecular complexity index is 424. The highest BCUT2D eigenvalue weighted by atomic mass is 35.5. The molecule has 4 nitrogen and oxygen atoms in total. The Morgan fingerprint density at radius 3 is 2.60 bits per heavy atom. The zero-order valence-corrected chi connectivity index (χ0v) is 13.1. The molecule has 1 aromatic rings. The van der Waals surface area contributed by atoms with Gasteiger partial charge in [-0.2, -0.15) is 0 Å². The van der Waals surface area contributed by atoms with E-state index in [-0.39, 0.29) is 24.4 Å². The van der Waals surface area contributed by atoms with Crippen LogP contribution in [0.25, 0.3) is 0 Å². The molecule has 1 aliphatic carbocycles. The van der Waals surface area contributed by atoms with Crippen LogP contribution < -0.4 is 15.8 Å². The lowest BCUT2D eigenvalue weighted by Gasteiger charge is -2.15. The summed E-state index contributed by atoms with van der Waals surface area (Å²) in [5, 5.41) is 3.01. The largest absolute Gasteiger partial charge is 0.497 e. The summed E-state index contributed by atoms with van der Waals surface area (Å²) in [5.74, 6) is 1.91. The van der Waals surface area contributed by atoms with Gasteiger partial charge < -0.3 is 15.8 Å². The van der Waals surface area contributed by atoms with E-state index in [1.165, 1.54) is 24.6 Å². The molecule has 0 aliphatic heterocycles. The molecule has 0 spiro atoms. The second-order valence-electron chi connectivity index (χ2n) is 4.71. The molecule has 0 aromatic heterocycles. The maximum atomic E-state index is 11.8. The van der Waals surface area contributed by atoms with Gasteiger partial charge in [-0.15, -0.1) is 24.2 Å². The fourth-order valence-corrected chi connectivity index (χ4v) is 2.65. The van der Waals surface area contributed by atoms with Gasteiger partial charge in [0.15, 0.2) is 0 Å². The number of hydrogen-bond acceptors (Lipinski definition) is 4. The van der Waals surface area contributed by atoms with E-state index in [1.54, 1.807) is 7.11 Å². The number of benzene rings is 1. The highest BCUT2D eigenvalue weighted by molar-refractivity contribution is 8.00. The molecule has 1 aromatic carbocycles. The molecule has 1 fully saturated rings. The first kappa shape index (κ1) is 17.1. The highest BCUT2D eigenvalue weighted by Gasteiger charge is 2.31. The average Bonchev–Trinajstić information content (AvgIpc) is 3.27. The number of hydrogen-bond donors (Lipinski definition) is 2. The maximum absolute atomic E-state index is 11.8. The normalized spacial score (nSPS) is 15.1. The summed E-state index contributed by atoms with van der Waals surface area (Å²) in [4.78, 5) is 12.9. The van der Waals surface area contributed by atoms with Crippen LogP contribution >= 0.6 is 24.2 Å². The van der Waals surface area contributed by atoms with Crippen LogP contribution in [0.5, 0.6) is 5.75 Å². The quantitative estimate of drug-likeness (QED) is 0.756. The standard InChI is InChI=1S/C14H20N2O2S.ClH/c1-18-11-4-6-12(7-5-11)19-9-14(17)16-13(8-15)10-2-3-10;/h4-7,10,13H,2-3,8-9,15H2,1H3,(H,16,17);1H. The zero-order chi connectivity index (χ0) is 13.7. The van der Waals surface area contributed by atoms with E-state index < -0.39 is 0 Å². The van der Waals surface area contributed by atoms with Crippen molar-refractivity contribution in [1.29, 1.82) is 0 Å². The molecule has 112 valence electrons. The van der Waals surface area contributed by atoms with E-state index in [9.17, 15) is 4.79 Å². The Labute approximate surface area is 130 Å². The van der Waals surface area contributed by atoms with Gasteiger partial charge in [0.1, 0.15) is 5.75 Å². The predicted octanol–water partition coefficient (Wildman–Crippen LogP) is 2.06. The lowest BCUT2D eigenvalue weighted by molar-refractivity contribution is -0.119. The molecule has 3 N–H and O–H groups in total. The SMILES string of the molecule is COc1ccc(SCC(=O)NC(CN)C2CC2)cc1.Cl. The summed E-state index contributed by atoms with van der Waals surface area (Å²) in [5.41, 5.74) is 5.67. The van der Waals surface area contributed by atoms with E-state index in [1.807, 2.05) is 24.3 Å². The van der Waals surface area contributed by atoms with Crippen molar-refractivity contribution in [2.24, 2.45) is 11.7 Å². The average molecular weight is 317 g/mol. The van der Waals surface area contributed by atoms with E-state index >= 15 is 0 Å². The van der Waals surface area contributed by atoms with Crippen molar-refractivity contribution in [2.75, 3.05) is 19.4 Å². The van der Waals surface area contributed by atoms with Gasteiger partial charge in [-0.1, -0.05) is 0 Å². The van der Waals surface area contributed by atoms with Crippen LogP contribution in [0, 0.1) is 5.92 Å². The van der Waals surface area contributed by atoms with E-state index in [4.69, 9.17) is 10.5 Å². The number of halogens is 1. The molecule has 0 heterocycles. The van der Waals surface area contributed by atoms with Gasteiger partial charge in [-0.3, -0.25) is 4.79 Å². The molecule has 0 bridgehead atoms. The first-order valence-corrected chi connectivity index (χ1v) is 7.47. The van der Waals surface area contributed by atoms with Gasteiger partial charge in [0.05, 0.1) is 12.9 Å². The summed E-state index contributed by atoms with van der Waals surface area (Å²) in [6.45, 7) is 0.531. The molecule has 1 unspecified atom stereocenters. The summed E-state index contributed by atoms with van der Waals surface area (Å²) >= 11 is 1.52. The maximum Gasteiger partial charge on any atom is 0.230 e. The van der Waals surface area contributed by atoms with Crippen LogP contribution in [0.15, 0.2) is 29.2 Å². The summed E-state index contributed by atoms with van der Waals surface area (Å²) < 4.78 is 5.09. The third-order valence-corrected chi connectivity index (χ3v) is 4.23. The van der Waals surface area contributed by atoms with Crippen LogP contribution in [0.2, 0.25) is 0 Å². The van der Waals surface area contributed by atoms with Gasteiger partial charge in [0.2, 0.25) is 5.91 Å². The Morgan fingerprint density at radius 2 is 2.10 bits per heavy atom. The zero-order valence-electron chi connectivity index (χ0n) is 11.5. The molecule has 0 saturated heterocycles. The number of thioether (sulfide) groups is 1. The molecule has 2 rings (SSSR count). The van der Waals surface area contributed by atoms with Crippen LogP contribution in [0.4, 0.5) is 0 Å². The summed E-state index contributed by atoms with van der Waals surface area (Å²) in [6.07, 6.45) is 2.38. The van der Waals surface area contributed by atoms with Crippen LogP contribution in [0.3, 0.4) is 0 Å². The van der Waals surface area contributed by atoms with Crippen LogP contribution in [0.1, 0.15) is 12.8 Å². The van der Waals surface area contributed by atoms with Crippen molar-refractivity contribution < 1.29 is 9.53 Å². The van der Waals surface area contributed by atoms with Crippen molar-refractivity contribution >= 4 is 30.1 Å². The first-order valence-electron chi connectivity index (χ1n) is 6.49. The highest BCUT2D eigenvalue weighted by Crippen LogP contribution is 2.32. The number of ether oxygens (including phenoxy) is 1. The lowest BCUT2D eigenvalue weighted by Crippen LogP contribution is -2.42. The van der Waals surface area contributed by atoms with E-state index in [2.05, 4.69) is 5.32 Å². The van der Waals surface area contributed by atoms with E-state index in [0.717, 1.165) is 10.6 Å². The van der Waals surface area contributed by atoms with Crippen molar-refractivity contribution in [3.63, 3.8) is 0 Å². The van der Waals surface area contributed by atoms with Crippen LogP contribution in [-0.2, 0) is 4.79 Å². The second kappa shape index (κ2) is 8.39. The molecule has 0 radical (unpaired) electrons. The minimum atomic E-state index is 0. The number of amides is 1. The molecule has 6 heteroatoms. The topological polar surface area (TPSA) is 64.3 Å². The Balaban J connectivity index is 0.00000200. The number of carbonyl (C=O) groups is 1. The molecular weight excluding hydrogens is 296 g/mol. The minimum absolute atomic E-state index is 0. The van der Waals surface area contributed by atoms with Gasteiger partial charge in [-0.25, -0.2) is 0 Å².